The number of halogens is 1. The van der Waals surface area contributed by atoms with Crippen LogP contribution in [0.1, 0.15) is 6.23 Å². The molecule has 0 aliphatic carbocycles. The van der Waals surface area contributed by atoms with E-state index in [9.17, 15) is 14.6 Å². The summed E-state index contributed by atoms with van der Waals surface area (Å²) < 4.78 is 19.0. The van der Waals surface area contributed by atoms with Crippen molar-refractivity contribution < 1.29 is 19.3 Å². The van der Waals surface area contributed by atoms with E-state index in [2.05, 4.69) is 15.0 Å². The first-order valence-electron chi connectivity index (χ1n) is 5.39. The zero-order valence-electron chi connectivity index (χ0n) is 9.51. The van der Waals surface area contributed by atoms with Gasteiger partial charge in [-0.15, -0.1) is 0 Å². The van der Waals surface area contributed by atoms with Gasteiger partial charge in [-0.1, -0.05) is 0 Å². The average Bonchev–Trinajstić information content (AvgIpc) is 2.94. The Kier molecular flexibility index (Phi) is 2.57. The molecule has 0 radical (unpaired) electrons. The second kappa shape index (κ2) is 4.14. The number of aromatic nitrogens is 4. The minimum atomic E-state index is -1.44. The minimum absolute atomic E-state index is 0.107. The molecule has 3 rings (SSSR count). The van der Waals surface area contributed by atoms with Crippen LogP contribution in [0.2, 0.25) is 0 Å². The van der Waals surface area contributed by atoms with E-state index in [1.807, 2.05) is 0 Å². The van der Waals surface area contributed by atoms with Crippen LogP contribution >= 0.6 is 0 Å². The van der Waals surface area contributed by atoms with Crippen molar-refractivity contribution in [3.63, 3.8) is 0 Å². The summed E-state index contributed by atoms with van der Waals surface area (Å²) in [5.74, 6) is -0.167. The smallest absolute Gasteiger partial charge is 0.207 e. The maximum atomic E-state index is 12.5. The number of fused-ring (bicyclic) bond motifs is 1. The average molecular weight is 267 g/mol. The molecule has 2 unspecified atom stereocenters. The molecule has 19 heavy (non-hydrogen) atoms. The van der Waals surface area contributed by atoms with E-state index in [-0.39, 0.29) is 17.9 Å². The van der Waals surface area contributed by atoms with E-state index >= 15 is 0 Å². The maximum absolute atomic E-state index is 12.5. The number of ether oxygens (including phenoxy) is 1. The Morgan fingerprint density at radius 3 is 2.84 bits per heavy atom. The van der Waals surface area contributed by atoms with Crippen LogP contribution in [0.4, 0.5) is 10.2 Å². The van der Waals surface area contributed by atoms with Crippen molar-refractivity contribution in [3.05, 3.63) is 24.7 Å². The molecule has 4 N–H and O–H groups in total. The van der Waals surface area contributed by atoms with Crippen molar-refractivity contribution in [2.75, 3.05) is 5.73 Å². The molecule has 2 aromatic heterocycles. The zero-order valence-corrected chi connectivity index (χ0v) is 9.51. The van der Waals surface area contributed by atoms with Crippen LogP contribution in [0.15, 0.2) is 24.7 Å². The minimum Gasteiger partial charge on any atom is -0.466 e. The highest BCUT2D eigenvalue weighted by Gasteiger charge is 2.41. The number of nitrogens with zero attached hydrogens (tertiary/aromatic N) is 4. The van der Waals surface area contributed by atoms with Gasteiger partial charge in [0, 0.05) is 0 Å². The fraction of sp³-hybridized carbons (Fsp3) is 0.300. The Labute approximate surface area is 106 Å². The van der Waals surface area contributed by atoms with Crippen LogP contribution in [0.5, 0.6) is 0 Å². The molecule has 1 fully saturated rings. The number of rotatable bonds is 1. The van der Waals surface area contributed by atoms with Gasteiger partial charge < -0.3 is 20.7 Å². The van der Waals surface area contributed by atoms with Crippen LogP contribution in [0.3, 0.4) is 0 Å². The molecule has 2 aromatic rings. The Balaban J connectivity index is 2.09. The van der Waals surface area contributed by atoms with Gasteiger partial charge >= 0.3 is 0 Å². The molecule has 8 nitrogen and oxygen atoms in total. The first kappa shape index (κ1) is 11.8. The topological polar surface area (TPSA) is 119 Å². The first-order valence-corrected chi connectivity index (χ1v) is 5.39. The van der Waals surface area contributed by atoms with Crippen LogP contribution in [0, 0.1) is 0 Å². The van der Waals surface area contributed by atoms with Crippen molar-refractivity contribution in [2.24, 2.45) is 0 Å². The number of hydrogen-bond donors (Lipinski definition) is 3. The molecule has 1 saturated heterocycles. The van der Waals surface area contributed by atoms with Crippen molar-refractivity contribution in [1.29, 1.82) is 0 Å². The SMILES string of the molecule is Nc1ncnc2c1ncn2[C@@H]1O/C(=C\F)C(O)C1O. The maximum Gasteiger partial charge on any atom is 0.207 e. The summed E-state index contributed by atoms with van der Waals surface area (Å²) in [7, 11) is 0. The third-order valence-corrected chi connectivity index (χ3v) is 2.93. The van der Waals surface area contributed by atoms with Crippen molar-refractivity contribution >= 4 is 17.0 Å². The molecular weight excluding hydrogens is 257 g/mol. The molecule has 3 heterocycles. The summed E-state index contributed by atoms with van der Waals surface area (Å²) in [4.78, 5) is 11.8. The third-order valence-electron chi connectivity index (χ3n) is 2.93. The van der Waals surface area contributed by atoms with E-state index in [1.54, 1.807) is 0 Å². The highest BCUT2D eigenvalue weighted by atomic mass is 19.1. The highest BCUT2D eigenvalue weighted by Crippen LogP contribution is 2.33. The Hall–Kier alpha value is -2.26. The lowest BCUT2D eigenvalue weighted by Crippen LogP contribution is -2.27. The quantitative estimate of drug-likeness (QED) is 0.635. The van der Waals surface area contributed by atoms with Gasteiger partial charge in [-0.05, 0) is 0 Å². The zero-order chi connectivity index (χ0) is 13.6. The molecule has 1 aliphatic heterocycles. The lowest BCUT2D eigenvalue weighted by Gasteiger charge is -2.15. The van der Waals surface area contributed by atoms with E-state index in [0.717, 1.165) is 0 Å². The Bertz CT molecular complexity index is 658. The first-order chi connectivity index (χ1) is 9.13. The number of aliphatic hydroxyl groups excluding tert-OH is 2. The fourth-order valence-electron chi connectivity index (χ4n) is 1.97. The van der Waals surface area contributed by atoms with Gasteiger partial charge in [0.1, 0.15) is 36.7 Å². The van der Waals surface area contributed by atoms with Gasteiger partial charge in [0.25, 0.3) is 0 Å². The monoisotopic (exact) mass is 267 g/mol. The molecule has 9 heteroatoms. The third kappa shape index (κ3) is 1.63. The standard InChI is InChI=1S/C10H10FN5O3/c11-1-4-6(17)7(18)10(19-4)16-3-15-5-8(12)13-2-14-9(5)16/h1-3,6-7,10,17-18H,(H2,12,13,14)/b4-1-/t6?,7?,10-/m1/s1. The Morgan fingerprint density at radius 2 is 2.16 bits per heavy atom. The number of imidazole rings is 1. The van der Waals surface area contributed by atoms with Gasteiger partial charge in [-0.3, -0.25) is 4.57 Å². The summed E-state index contributed by atoms with van der Waals surface area (Å²) in [6, 6.07) is 0. The second-order valence-electron chi connectivity index (χ2n) is 4.04. The van der Waals surface area contributed by atoms with Gasteiger partial charge in [0.05, 0.1) is 0 Å². The number of hydrogen-bond acceptors (Lipinski definition) is 7. The van der Waals surface area contributed by atoms with Crippen molar-refractivity contribution in [3.8, 4) is 0 Å². The van der Waals surface area contributed by atoms with Crippen LogP contribution in [-0.2, 0) is 4.74 Å². The molecule has 100 valence electrons. The summed E-state index contributed by atoms with van der Waals surface area (Å²) in [5, 5.41) is 19.4. The molecular formula is C10H10FN5O3. The van der Waals surface area contributed by atoms with Crippen LogP contribution in [-0.4, -0.2) is 41.9 Å². The predicted octanol–water partition coefficient (Wildman–Crippen LogP) is -0.530. The molecule has 0 saturated carbocycles. The van der Waals surface area contributed by atoms with Crippen LogP contribution in [0.25, 0.3) is 11.2 Å². The molecule has 0 bridgehead atoms. The summed E-state index contributed by atoms with van der Waals surface area (Å²) in [5.41, 5.74) is 6.29. The molecule has 3 atom stereocenters. The molecule has 0 spiro atoms. The van der Waals surface area contributed by atoms with Crippen molar-refractivity contribution in [1.82, 2.24) is 19.5 Å². The molecule has 0 amide bonds. The lowest BCUT2D eigenvalue weighted by atomic mass is 10.2. The molecule has 0 aromatic carbocycles. The summed E-state index contributed by atoms with van der Waals surface area (Å²) in [6.45, 7) is 0. The summed E-state index contributed by atoms with van der Waals surface area (Å²) >= 11 is 0. The van der Waals surface area contributed by atoms with Crippen LogP contribution < -0.4 is 5.73 Å². The normalized spacial score (nSPS) is 29.0. The lowest BCUT2D eigenvalue weighted by molar-refractivity contribution is -0.0120. The molecule has 1 aliphatic rings. The highest BCUT2D eigenvalue weighted by molar-refractivity contribution is 5.81. The van der Waals surface area contributed by atoms with E-state index in [4.69, 9.17) is 10.5 Å². The fourth-order valence-corrected chi connectivity index (χ4v) is 1.97. The van der Waals surface area contributed by atoms with Gasteiger partial charge in [-0.25, -0.2) is 19.3 Å². The number of aliphatic hydroxyl groups is 2. The van der Waals surface area contributed by atoms with Gasteiger partial charge in [-0.2, -0.15) is 0 Å². The largest absolute Gasteiger partial charge is 0.466 e. The van der Waals surface area contributed by atoms with E-state index < -0.39 is 18.4 Å². The summed E-state index contributed by atoms with van der Waals surface area (Å²) in [6.07, 6.45) is -1.13. The van der Waals surface area contributed by atoms with Crippen molar-refractivity contribution in [2.45, 2.75) is 18.4 Å². The predicted molar refractivity (Wildman–Crippen MR) is 61.1 cm³/mol. The van der Waals surface area contributed by atoms with Gasteiger partial charge in [0.15, 0.2) is 17.2 Å². The number of anilines is 1. The van der Waals surface area contributed by atoms with E-state index in [1.165, 1.54) is 17.2 Å². The number of nitrogens with two attached hydrogens (primary N) is 1. The van der Waals surface area contributed by atoms with Gasteiger partial charge in [0.2, 0.25) is 6.23 Å². The number of nitrogen functional groups attached to an aromatic ring is 1. The second-order valence-corrected chi connectivity index (χ2v) is 4.04. The Morgan fingerprint density at radius 1 is 1.37 bits per heavy atom. The van der Waals surface area contributed by atoms with E-state index in [0.29, 0.717) is 11.2 Å².